The van der Waals surface area contributed by atoms with E-state index in [0.717, 1.165) is 35.6 Å². The third-order valence-corrected chi connectivity index (χ3v) is 5.20. The number of carbonyl (C=O) groups is 1. The molecule has 1 amide bonds. The number of amides is 1. The fourth-order valence-corrected chi connectivity index (χ4v) is 3.43. The van der Waals surface area contributed by atoms with Crippen molar-refractivity contribution in [1.82, 2.24) is 10.2 Å². The monoisotopic (exact) mass is 367 g/mol. The molecule has 1 aromatic heterocycles. The van der Waals surface area contributed by atoms with Crippen molar-refractivity contribution in [3.05, 3.63) is 33.3 Å². The number of halogens is 1. The van der Waals surface area contributed by atoms with E-state index in [-0.39, 0.29) is 18.6 Å². The van der Waals surface area contributed by atoms with E-state index in [0.29, 0.717) is 15.9 Å². The summed E-state index contributed by atoms with van der Waals surface area (Å²) in [4.78, 5) is 12.0. The fourth-order valence-electron chi connectivity index (χ4n) is 2.48. The van der Waals surface area contributed by atoms with Crippen LogP contribution in [0.3, 0.4) is 0 Å². The van der Waals surface area contributed by atoms with Crippen LogP contribution >= 0.6 is 22.9 Å². The molecule has 2 aromatic rings. The second-order valence-electron chi connectivity index (χ2n) is 5.66. The number of hydrogen-bond acceptors (Lipinski definition) is 6. The predicted molar refractivity (Wildman–Crippen MR) is 92.9 cm³/mol. The molecule has 0 bridgehead atoms. The minimum atomic E-state index is -0.282. The molecule has 2 heterocycles. The van der Waals surface area contributed by atoms with Gasteiger partial charge in [-0.05, 0) is 49.9 Å². The number of hydrogen-bond donors (Lipinski definition) is 1. The molecule has 1 saturated heterocycles. The number of aryl methyl sites for hydroxylation is 2. The smallest absolute Gasteiger partial charge is 0.264 e. The van der Waals surface area contributed by atoms with Crippen LogP contribution in [0.2, 0.25) is 5.02 Å². The van der Waals surface area contributed by atoms with Crippen LogP contribution < -0.4 is 10.1 Å². The Morgan fingerprint density at radius 2 is 2.17 bits per heavy atom. The van der Waals surface area contributed by atoms with Crippen molar-refractivity contribution < 1.29 is 14.3 Å². The van der Waals surface area contributed by atoms with Gasteiger partial charge in [-0.25, -0.2) is 0 Å². The average molecular weight is 368 g/mol. The Morgan fingerprint density at radius 1 is 1.42 bits per heavy atom. The SMILES string of the molecule is Cc1cc(OCC(=O)Nc2nnc(C3CCCO3)s2)cc(C)c1Cl. The summed E-state index contributed by atoms with van der Waals surface area (Å²) in [5, 5.41) is 12.7. The first-order valence-corrected chi connectivity index (χ1v) is 8.87. The molecule has 1 unspecified atom stereocenters. The summed E-state index contributed by atoms with van der Waals surface area (Å²) in [7, 11) is 0. The predicted octanol–water partition coefficient (Wildman–Crippen LogP) is 3.68. The second kappa shape index (κ2) is 7.46. The Balaban J connectivity index is 1.54. The fraction of sp³-hybridized carbons (Fsp3) is 0.438. The Hall–Kier alpha value is -1.70. The lowest BCUT2D eigenvalue weighted by Crippen LogP contribution is -2.20. The van der Waals surface area contributed by atoms with E-state index in [1.54, 1.807) is 0 Å². The minimum absolute atomic E-state index is 0.00409. The molecule has 128 valence electrons. The van der Waals surface area contributed by atoms with Crippen molar-refractivity contribution >= 4 is 34.0 Å². The summed E-state index contributed by atoms with van der Waals surface area (Å²) in [5.41, 5.74) is 1.83. The first-order chi connectivity index (χ1) is 11.5. The molecular formula is C16H18ClN3O3S. The molecule has 1 atom stereocenters. The molecule has 0 aliphatic carbocycles. The van der Waals surface area contributed by atoms with Gasteiger partial charge in [-0.1, -0.05) is 22.9 Å². The summed E-state index contributed by atoms with van der Waals surface area (Å²) < 4.78 is 11.1. The van der Waals surface area contributed by atoms with Gasteiger partial charge in [-0.2, -0.15) is 0 Å². The summed E-state index contributed by atoms with van der Waals surface area (Å²) in [6.07, 6.45) is 1.98. The van der Waals surface area contributed by atoms with Crippen LogP contribution in [0.25, 0.3) is 0 Å². The molecule has 1 aliphatic heterocycles. The highest BCUT2D eigenvalue weighted by molar-refractivity contribution is 7.15. The molecule has 24 heavy (non-hydrogen) atoms. The Kier molecular flexibility index (Phi) is 5.33. The maximum absolute atomic E-state index is 12.0. The number of rotatable bonds is 5. The number of benzene rings is 1. The Bertz CT molecular complexity index is 721. The standard InChI is InChI=1S/C16H18ClN3O3S/c1-9-6-11(7-10(2)14(9)17)23-8-13(21)18-16-20-19-15(24-16)12-4-3-5-22-12/h6-7,12H,3-5,8H2,1-2H3,(H,18,20,21). The molecule has 1 N–H and O–H groups in total. The number of carbonyl (C=O) groups excluding carboxylic acids is 1. The van der Waals surface area contributed by atoms with Crippen LogP contribution in [-0.2, 0) is 9.53 Å². The van der Waals surface area contributed by atoms with Gasteiger partial charge in [-0.15, -0.1) is 10.2 Å². The number of anilines is 1. The van der Waals surface area contributed by atoms with Gasteiger partial charge in [0, 0.05) is 11.6 Å². The summed E-state index contributed by atoms with van der Waals surface area (Å²) in [6.45, 7) is 4.45. The molecule has 3 rings (SSSR count). The van der Waals surface area contributed by atoms with Crippen LogP contribution in [-0.4, -0.2) is 29.3 Å². The van der Waals surface area contributed by atoms with Crippen molar-refractivity contribution in [1.29, 1.82) is 0 Å². The van der Waals surface area contributed by atoms with E-state index >= 15 is 0 Å². The molecular weight excluding hydrogens is 350 g/mol. The van der Waals surface area contributed by atoms with Crippen molar-refractivity contribution in [3.63, 3.8) is 0 Å². The maximum Gasteiger partial charge on any atom is 0.264 e. The third-order valence-electron chi connectivity index (χ3n) is 3.67. The molecule has 6 nitrogen and oxygen atoms in total. The van der Waals surface area contributed by atoms with Gasteiger partial charge < -0.3 is 9.47 Å². The molecule has 0 saturated carbocycles. The zero-order valence-corrected chi connectivity index (χ0v) is 15.0. The largest absolute Gasteiger partial charge is 0.484 e. The van der Waals surface area contributed by atoms with Gasteiger partial charge in [0.2, 0.25) is 5.13 Å². The first-order valence-electron chi connectivity index (χ1n) is 7.67. The first kappa shape index (κ1) is 17.1. The normalized spacial score (nSPS) is 17.0. The molecule has 1 fully saturated rings. The summed E-state index contributed by atoms with van der Waals surface area (Å²) >= 11 is 7.45. The summed E-state index contributed by atoms with van der Waals surface area (Å²) in [5.74, 6) is 0.331. The van der Waals surface area contributed by atoms with E-state index < -0.39 is 0 Å². The second-order valence-corrected chi connectivity index (χ2v) is 7.04. The highest BCUT2D eigenvalue weighted by Crippen LogP contribution is 2.32. The van der Waals surface area contributed by atoms with Crippen molar-refractivity contribution in [3.8, 4) is 5.75 Å². The van der Waals surface area contributed by atoms with Crippen molar-refractivity contribution in [2.45, 2.75) is 32.8 Å². The topological polar surface area (TPSA) is 73.3 Å². The number of nitrogens with zero attached hydrogens (tertiary/aromatic N) is 2. The van der Waals surface area contributed by atoms with Gasteiger partial charge in [0.1, 0.15) is 16.9 Å². The molecule has 0 radical (unpaired) electrons. The Labute approximate surface area is 149 Å². The van der Waals surface area contributed by atoms with E-state index in [1.165, 1.54) is 11.3 Å². The van der Waals surface area contributed by atoms with Crippen LogP contribution in [0.15, 0.2) is 12.1 Å². The van der Waals surface area contributed by atoms with Crippen LogP contribution in [0.5, 0.6) is 5.75 Å². The van der Waals surface area contributed by atoms with Crippen molar-refractivity contribution in [2.75, 3.05) is 18.5 Å². The van der Waals surface area contributed by atoms with Crippen LogP contribution in [0.1, 0.15) is 35.1 Å². The van der Waals surface area contributed by atoms with Crippen LogP contribution in [0.4, 0.5) is 5.13 Å². The molecule has 8 heteroatoms. The zero-order valence-electron chi connectivity index (χ0n) is 13.5. The quantitative estimate of drug-likeness (QED) is 0.872. The number of ether oxygens (including phenoxy) is 2. The zero-order chi connectivity index (χ0) is 17.1. The van der Waals surface area contributed by atoms with Gasteiger partial charge in [0.05, 0.1) is 0 Å². The van der Waals surface area contributed by atoms with E-state index in [1.807, 2.05) is 26.0 Å². The van der Waals surface area contributed by atoms with E-state index in [9.17, 15) is 4.79 Å². The Morgan fingerprint density at radius 3 is 2.83 bits per heavy atom. The van der Waals surface area contributed by atoms with E-state index in [2.05, 4.69) is 15.5 Å². The molecule has 1 aromatic carbocycles. The number of aromatic nitrogens is 2. The van der Waals surface area contributed by atoms with Gasteiger partial charge in [0.25, 0.3) is 5.91 Å². The van der Waals surface area contributed by atoms with Gasteiger partial charge in [0.15, 0.2) is 6.61 Å². The van der Waals surface area contributed by atoms with Gasteiger partial charge in [-0.3, -0.25) is 10.1 Å². The summed E-state index contributed by atoms with van der Waals surface area (Å²) in [6, 6.07) is 3.62. The average Bonchev–Trinajstić information content (AvgIpc) is 3.21. The maximum atomic E-state index is 12.0. The van der Waals surface area contributed by atoms with E-state index in [4.69, 9.17) is 21.1 Å². The van der Waals surface area contributed by atoms with Crippen LogP contribution in [0, 0.1) is 13.8 Å². The lowest BCUT2D eigenvalue weighted by atomic mass is 10.1. The van der Waals surface area contributed by atoms with Crippen molar-refractivity contribution in [2.24, 2.45) is 0 Å². The minimum Gasteiger partial charge on any atom is -0.484 e. The molecule has 1 aliphatic rings. The lowest BCUT2D eigenvalue weighted by molar-refractivity contribution is -0.118. The molecule has 0 spiro atoms. The number of nitrogens with one attached hydrogen (secondary N) is 1. The van der Waals surface area contributed by atoms with Gasteiger partial charge >= 0.3 is 0 Å². The lowest BCUT2D eigenvalue weighted by Gasteiger charge is -2.09. The highest BCUT2D eigenvalue weighted by Gasteiger charge is 2.22. The highest BCUT2D eigenvalue weighted by atomic mass is 35.5. The third kappa shape index (κ3) is 4.03.